The number of halogens is 1. The summed E-state index contributed by atoms with van der Waals surface area (Å²) in [5.41, 5.74) is -0.311. The summed E-state index contributed by atoms with van der Waals surface area (Å²) in [6.45, 7) is 1.83. The Morgan fingerprint density at radius 1 is 1.39 bits per heavy atom. The van der Waals surface area contributed by atoms with Gasteiger partial charge in [0.2, 0.25) is 0 Å². The lowest BCUT2D eigenvalue weighted by atomic mass is 9.98. The Bertz CT molecular complexity index is 800. The van der Waals surface area contributed by atoms with Gasteiger partial charge in [-0.3, -0.25) is 9.78 Å². The Labute approximate surface area is 131 Å². The zero-order valence-corrected chi connectivity index (χ0v) is 12.4. The third-order valence-electron chi connectivity index (χ3n) is 4.00. The third kappa shape index (κ3) is 2.75. The molecule has 1 unspecified atom stereocenters. The summed E-state index contributed by atoms with van der Waals surface area (Å²) in [6, 6.07) is 5.68. The Balaban J connectivity index is 1.96. The van der Waals surface area contributed by atoms with Crippen molar-refractivity contribution >= 4 is 22.8 Å². The molecule has 1 amide bonds. The number of carbonyl (C=O) groups excluding carboxylic acids is 1. The Morgan fingerprint density at radius 2 is 2.17 bits per heavy atom. The van der Waals surface area contributed by atoms with E-state index in [9.17, 15) is 19.1 Å². The van der Waals surface area contributed by atoms with Crippen LogP contribution in [0.3, 0.4) is 0 Å². The van der Waals surface area contributed by atoms with Gasteiger partial charge in [-0.2, -0.15) is 0 Å². The number of benzene rings is 1. The highest BCUT2D eigenvalue weighted by molar-refractivity contribution is 6.01. The summed E-state index contributed by atoms with van der Waals surface area (Å²) in [5, 5.41) is 12.5. The van der Waals surface area contributed by atoms with Crippen LogP contribution in [0.1, 0.15) is 22.5 Å². The lowest BCUT2D eigenvalue weighted by molar-refractivity contribution is -0.144. The summed E-state index contributed by atoms with van der Waals surface area (Å²) >= 11 is 0. The van der Waals surface area contributed by atoms with Crippen LogP contribution in [0.2, 0.25) is 0 Å². The number of carboxylic acid groups (broad SMARTS) is 1. The molecule has 1 aromatic carbocycles. The fraction of sp³-hybridized carbons (Fsp3) is 0.312. The van der Waals surface area contributed by atoms with Crippen molar-refractivity contribution in [1.29, 1.82) is 0 Å². The minimum atomic E-state index is -1.42. The first-order valence-corrected chi connectivity index (χ1v) is 7.12. The Morgan fingerprint density at radius 3 is 2.83 bits per heavy atom. The fourth-order valence-electron chi connectivity index (χ4n) is 2.64. The van der Waals surface area contributed by atoms with Crippen LogP contribution in [0.5, 0.6) is 0 Å². The molecule has 1 aromatic heterocycles. The molecule has 1 atom stereocenters. The zero-order chi connectivity index (χ0) is 16.6. The fourth-order valence-corrected chi connectivity index (χ4v) is 2.64. The van der Waals surface area contributed by atoms with E-state index in [1.165, 1.54) is 18.2 Å². The quantitative estimate of drug-likeness (QED) is 0.898. The molecule has 1 aliphatic rings. The SMILES string of the molecule is Cc1nc2cc(F)ccc2cc1C(=O)NC1(C(=O)O)CCOC1. The number of aromatic nitrogens is 1. The van der Waals surface area contributed by atoms with Gasteiger partial charge >= 0.3 is 5.97 Å². The molecular formula is C16H15FN2O4. The minimum Gasteiger partial charge on any atom is -0.479 e. The number of aryl methyl sites for hydroxylation is 1. The van der Waals surface area contributed by atoms with Crippen molar-refractivity contribution in [3.05, 3.63) is 41.3 Å². The Hall–Kier alpha value is -2.54. The molecule has 0 aliphatic carbocycles. The lowest BCUT2D eigenvalue weighted by Crippen LogP contribution is -2.55. The topological polar surface area (TPSA) is 88.5 Å². The molecule has 2 aromatic rings. The molecule has 6 nitrogen and oxygen atoms in total. The van der Waals surface area contributed by atoms with Gasteiger partial charge in [0.1, 0.15) is 5.82 Å². The van der Waals surface area contributed by atoms with Crippen molar-refractivity contribution in [1.82, 2.24) is 10.3 Å². The van der Waals surface area contributed by atoms with E-state index in [0.717, 1.165) is 0 Å². The average Bonchev–Trinajstić information content (AvgIpc) is 2.96. The van der Waals surface area contributed by atoms with Crippen molar-refractivity contribution in [2.24, 2.45) is 0 Å². The van der Waals surface area contributed by atoms with Crippen LogP contribution < -0.4 is 5.32 Å². The normalized spacial score (nSPS) is 20.6. The molecular weight excluding hydrogens is 303 g/mol. The number of aliphatic carboxylic acids is 1. The predicted molar refractivity (Wildman–Crippen MR) is 79.7 cm³/mol. The van der Waals surface area contributed by atoms with E-state index in [-0.39, 0.29) is 25.2 Å². The summed E-state index contributed by atoms with van der Waals surface area (Å²) in [6.07, 6.45) is 0.208. The highest BCUT2D eigenvalue weighted by Gasteiger charge is 2.44. The van der Waals surface area contributed by atoms with Gasteiger partial charge < -0.3 is 15.2 Å². The summed E-state index contributed by atoms with van der Waals surface area (Å²) in [5.74, 6) is -2.07. The highest BCUT2D eigenvalue weighted by atomic mass is 19.1. The van der Waals surface area contributed by atoms with Crippen LogP contribution in [0, 0.1) is 12.7 Å². The number of fused-ring (bicyclic) bond motifs is 1. The molecule has 1 fully saturated rings. The number of hydrogen-bond acceptors (Lipinski definition) is 4. The van der Waals surface area contributed by atoms with Crippen molar-refractivity contribution in [2.75, 3.05) is 13.2 Å². The molecule has 23 heavy (non-hydrogen) atoms. The predicted octanol–water partition coefficient (Wildman–Crippen LogP) is 1.66. The minimum absolute atomic E-state index is 0.0701. The van der Waals surface area contributed by atoms with Gasteiger partial charge in [-0.1, -0.05) is 0 Å². The van der Waals surface area contributed by atoms with Gasteiger partial charge in [0.25, 0.3) is 5.91 Å². The van der Waals surface area contributed by atoms with Crippen LogP contribution in [-0.4, -0.2) is 40.7 Å². The number of amides is 1. The number of nitrogens with zero attached hydrogens (tertiary/aromatic N) is 1. The summed E-state index contributed by atoms with van der Waals surface area (Å²) < 4.78 is 18.4. The van der Waals surface area contributed by atoms with Crippen molar-refractivity contribution < 1.29 is 23.8 Å². The number of carbonyl (C=O) groups is 2. The molecule has 2 heterocycles. The maximum Gasteiger partial charge on any atom is 0.331 e. The molecule has 0 saturated carbocycles. The van der Waals surface area contributed by atoms with E-state index in [1.807, 2.05) is 0 Å². The van der Waals surface area contributed by atoms with Crippen LogP contribution in [0.25, 0.3) is 10.9 Å². The number of hydrogen-bond donors (Lipinski definition) is 2. The molecule has 0 spiro atoms. The third-order valence-corrected chi connectivity index (χ3v) is 4.00. The average molecular weight is 318 g/mol. The summed E-state index contributed by atoms with van der Waals surface area (Å²) in [4.78, 5) is 28.2. The monoisotopic (exact) mass is 318 g/mol. The Kier molecular flexibility index (Phi) is 3.73. The lowest BCUT2D eigenvalue weighted by Gasteiger charge is -2.24. The van der Waals surface area contributed by atoms with Crippen LogP contribution in [0.4, 0.5) is 4.39 Å². The summed E-state index contributed by atoms with van der Waals surface area (Å²) in [7, 11) is 0. The smallest absolute Gasteiger partial charge is 0.331 e. The van der Waals surface area contributed by atoms with Crippen LogP contribution in [0.15, 0.2) is 24.3 Å². The molecule has 0 bridgehead atoms. The largest absolute Gasteiger partial charge is 0.479 e. The first kappa shape index (κ1) is 15.4. The van der Waals surface area contributed by atoms with E-state index >= 15 is 0 Å². The number of nitrogens with one attached hydrogen (secondary N) is 1. The first-order chi connectivity index (χ1) is 10.9. The van der Waals surface area contributed by atoms with Gasteiger partial charge in [-0.25, -0.2) is 9.18 Å². The van der Waals surface area contributed by atoms with Gasteiger partial charge in [-0.15, -0.1) is 0 Å². The van der Waals surface area contributed by atoms with E-state index in [2.05, 4.69) is 10.3 Å². The van der Waals surface area contributed by atoms with Crippen molar-refractivity contribution in [2.45, 2.75) is 18.9 Å². The number of carboxylic acids is 1. The second-order valence-electron chi connectivity index (χ2n) is 5.60. The maximum atomic E-state index is 13.2. The van der Waals surface area contributed by atoms with Crippen molar-refractivity contribution in [3.63, 3.8) is 0 Å². The second kappa shape index (κ2) is 5.58. The number of pyridine rings is 1. The zero-order valence-electron chi connectivity index (χ0n) is 12.4. The number of ether oxygens (including phenoxy) is 1. The van der Waals surface area contributed by atoms with E-state index in [1.54, 1.807) is 13.0 Å². The van der Waals surface area contributed by atoms with Gasteiger partial charge in [0.15, 0.2) is 5.54 Å². The molecule has 0 radical (unpaired) electrons. The van der Waals surface area contributed by atoms with Crippen LogP contribution >= 0.6 is 0 Å². The molecule has 3 rings (SSSR count). The standard InChI is InChI=1S/C16H15FN2O4/c1-9-12(6-10-2-3-11(17)7-13(10)18-9)14(20)19-16(15(21)22)4-5-23-8-16/h2-3,6-7H,4-5,8H2,1H3,(H,19,20)(H,21,22). The molecule has 1 saturated heterocycles. The maximum absolute atomic E-state index is 13.2. The van der Waals surface area contributed by atoms with Gasteiger partial charge in [0, 0.05) is 24.5 Å². The van der Waals surface area contributed by atoms with E-state index in [0.29, 0.717) is 16.6 Å². The van der Waals surface area contributed by atoms with Crippen LogP contribution in [-0.2, 0) is 9.53 Å². The second-order valence-corrected chi connectivity index (χ2v) is 5.60. The molecule has 7 heteroatoms. The van der Waals surface area contributed by atoms with E-state index < -0.39 is 23.2 Å². The van der Waals surface area contributed by atoms with Gasteiger partial charge in [0.05, 0.1) is 23.4 Å². The molecule has 2 N–H and O–H groups in total. The van der Waals surface area contributed by atoms with Crippen molar-refractivity contribution in [3.8, 4) is 0 Å². The molecule has 120 valence electrons. The first-order valence-electron chi connectivity index (χ1n) is 7.12. The van der Waals surface area contributed by atoms with E-state index in [4.69, 9.17) is 4.74 Å². The highest BCUT2D eigenvalue weighted by Crippen LogP contribution is 2.22. The van der Waals surface area contributed by atoms with Gasteiger partial charge in [-0.05, 0) is 25.1 Å². The number of rotatable bonds is 3. The molecule has 1 aliphatic heterocycles.